The third kappa shape index (κ3) is 5.72. The maximum atomic E-state index is 12.0. The lowest BCUT2D eigenvalue weighted by Gasteiger charge is -2.10. The summed E-state index contributed by atoms with van der Waals surface area (Å²) in [6.07, 6.45) is 1.58. The van der Waals surface area contributed by atoms with Crippen molar-refractivity contribution >= 4 is 11.7 Å². The predicted molar refractivity (Wildman–Crippen MR) is 129 cm³/mol. The molecule has 1 aromatic heterocycles. The first kappa shape index (κ1) is 22.0. The summed E-state index contributed by atoms with van der Waals surface area (Å²) in [6, 6.07) is 25.7. The molecule has 7 nitrogen and oxygen atoms in total. The second-order valence-electron chi connectivity index (χ2n) is 7.43. The number of anilines is 1. The van der Waals surface area contributed by atoms with Gasteiger partial charge in [0.2, 0.25) is 0 Å². The molecule has 33 heavy (non-hydrogen) atoms. The van der Waals surface area contributed by atoms with Crippen LogP contribution in [-0.2, 0) is 13.1 Å². The van der Waals surface area contributed by atoms with Crippen molar-refractivity contribution in [2.45, 2.75) is 13.1 Å². The van der Waals surface area contributed by atoms with Crippen molar-refractivity contribution in [3.8, 4) is 22.8 Å². The third-order valence-electron chi connectivity index (χ3n) is 5.00. The van der Waals surface area contributed by atoms with Crippen molar-refractivity contribution in [2.75, 3.05) is 12.8 Å². The van der Waals surface area contributed by atoms with E-state index in [4.69, 9.17) is 10.5 Å². The van der Waals surface area contributed by atoms with Gasteiger partial charge in [-0.3, -0.25) is 4.79 Å². The van der Waals surface area contributed by atoms with Gasteiger partial charge >= 0.3 is 0 Å². The maximum absolute atomic E-state index is 12.0. The van der Waals surface area contributed by atoms with Crippen LogP contribution in [0.15, 0.2) is 85.1 Å². The zero-order valence-electron chi connectivity index (χ0n) is 18.3. The molecule has 1 heterocycles. The van der Waals surface area contributed by atoms with Crippen LogP contribution in [0.3, 0.4) is 0 Å². The number of nitrogen functional groups attached to an aromatic ring is 1. The number of nitrogens with two attached hydrogens (primary N) is 1. The van der Waals surface area contributed by atoms with Crippen LogP contribution in [0.25, 0.3) is 11.3 Å². The van der Waals surface area contributed by atoms with Crippen molar-refractivity contribution in [1.29, 1.82) is 0 Å². The molecule has 4 aromatic rings. The van der Waals surface area contributed by atoms with E-state index in [0.717, 1.165) is 28.2 Å². The smallest absolute Gasteiger partial charge is 0.273 e. The highest BCUT2D eigenvalue weighted by molar-refractivity contribution is 5.96. The molecule has 0 bridgehead atoms. The number of ether oxygens (including phenoxy) is 1. The normalized spacial score (nSPS) is 10.6. The van der Waals surface area contributed by atoms with E-state index >= 15 is 0 Å². The molecule has 0 spiro atoms. The third-order valence-corrected chi connectivity index (χ3v) is 5.00. The summed E-state index contributed by atoms with van der Waals surface area (Å²) in [6.45, 7) is 1.36. The van der Waals surface area contributed by atoms with E-state index in [-0.39, 0.29) is 17.4 Å². The largest absolute Gasteiger partial charge is 0.457 e. The van der Waals surface area contributed by atoms with Crippen molar-refractivity contribution in [3.05, 3.63) is 102 Å². The highest BCUT2D eigenvalue weighted by Crippen LogP contribution is 2.22. The summed E-state index contributed by atoms with van der Waals surface area (Å²) in [4.78, 5) is 20.5. The molecular weight excluding hydrogens is 414 g/mol. The van der Waals surface area contributed by atoms with Crippen LogP contribution in [0.5, 0.6) is 11.5 Å². The van der Waals surface area contributed by atoms with Gasteiger partial charge in [-0.2, -0.15) is 0 Å². The molecule has 166 valence electrons. The van der Waals surface area contributed by atoms with E-state index in [0.29, 0.717) is 18.8 Å². The van der Waals surface area contributed by atoms with Gasteiger partial charge in [-0.25, -0.2) is 9.97 Å². The van der Waals surface area contributed by atoms with Gasteiger partial charge in [-0.1, -0.05) is 48.5 Å². The molecular formula is C26H25N5O2. The number of amides is 1. The highest BCUT2D eigenvalue weighted by atomic mass is 16.5. The summed E-state index contributed by atoms with van der Waals surface area (Å²) < 4.78 is 5.91. The van der Waals surface area contributed by atoms with E-state index in [1.54, 1.807) is 6.20 Å². The minimum atomic E-state index is -0.363. The maximum Gasteiger partial charge on any atom is 0.273 e. The number of carbonyl (C=O) groups is 1. The summed E-state index contributed by atoms with van der Waals surface area (Å²) in [5.41, 5.74) is 9.59. The molecule has 0 aliphatic heterocycles. The van der Waals surface area contributed by atoms with Crippen LogP contribution < -0.4 is 21.1 Å². The van der Waals surface area contributed by atoms with Crippen LogP contribution in [-0.4, -0.2) is 22.9 Å². The Bertz CT molecular complexity index is 1240. The molecule has 0 aliphatic carbocycles. The number of nitrogens with one attached hydrogen (secondary N) is 2. The molecule has 0 saturated carbocycles. The second kappa shape index (κ2) is 10.4. The SMILES string of the molecule is CNC(=O)c1nc(-c2cccc(CNCc3cccc(Oc4ccccc4)c3)c2)cnc1N. The second-order valence-corrected chi connectivity index (χ2v) is 7.43. The van der Waals surface area contributed by atoms with Crippen LogP contribution in [0.2, 0.25) is 0 Å². The molecule has 0 saturated heterocycles. The number of rotatable bonds is 8. The van der Waals surface area contributed by atoms with Crippen LogP contribution in [0.1, 0.15) is 21.6 Å². The van der Waals surface area contributed by atoms with Crippen molar-refractivity contribution < 1.29 is 9.53 Å². The van der Waals surface area contributed by atoms with Gasteiger partial charge < -0.3 is 21.1 Å². The van der Waals surface area contributed by atoms with E-state index < -0.39 is 0 Å². The Hall–Kier alpha value is -4.23. The number of para-hydroxylation sites is 1. The van der Waals surface area contributed by atoms with Crippen LogP contribution in [0.4, 0.5) is 5.82 Å². The van der Waals surface area contributed by atoms with E-state index in [1.807, 2.05) is 72.8 Å². The lowest BCUT2D eigenvalue weighted by molar-refractivity contribution is 0.0959. The van der Waals surface area contributed by atoms with Gasteiger partial charge in [0.1, 0.15) is 11.5 Å². The predicted octanol–water partition coefficient (Wildman–Crippen LogP) is 4.17. The number of aromatic nitrogens is 2. The lowest BCUT2D eigenvalue weighted by atomic mass is 10.1. The highest BCUT2D eigenvalue weighted by Gasteiger charge is 2.13. The zero-order chi connectivity index (χ0) is 23.0. The first-order chi connectivity index (χ1) is 16.1. The molecule has 3 aromatic carbocycles. The Morgan fingerprint density at radius 2 is 1.61 bits per heavy atom. The first-order valence-corrected chi connectivity index (χ1v) is 10.6. The molecule has 1 amide bonds. The van der Waals surface area contributed by atoms with E-state index in [2.05, 4.69) is 26.7 Å². The molecule has 4 N–H and O–H groups in total. The Morgan fingerprint density at radius 1 is 0.909 bits per heavy atom. The molecule has 0 aliphatic rings. The molecule has 4 rings (SSSR count). The zero-order valence-corrected chi connectivity index (χ0v) is 18.3. The van der Waals surface area contributed by atoms with Crippen molar-refractivity contribution in [2.24, 2.45) is 0 Å². The van der Waals surface area contributed by atoms with Gasteiger partial charge in [0.15, 0.2) is 11.5 Å². The van der Waals surface area contributed by atoms with Crippen molar-refractivity contribution in [1.82, 2.24) is 20.6 Å². The summed E-state index contributed by atoms with van der Waals surface area (Å²) in [5, 5.41) is 5.99. The van der Waals surface area contributed by atoms with Crippen LogP contribution in [0, 0.1) is 0 Å². The Labute approximate surface area is 192 Å². The number of hydrogen-bond donors (Lipinski definition) is 3. The number of carbonyl (C=O) groups excluding carboxylic acids is 1. The Kier molecular flexibility index (Phi) is 6.92. The minimum absolute atomic E-state index is 0.106. The number of nitrogens with zero attached hydrogens (tertiary/aromatic N) is 2. The first-order valence-electron chi connectivity index (χ1n) is 10.6. The standard InChI is InChI=1S/C26H25N5O2/c1-28-26(32)24-25(27)30-17-23(31-24)20-9-5-7-18(13-20)15-29-16-19-8-6-12-22(14-19)33-21-10-3-2-4-11-21/h2-14,17,29H,15-16H2,1H3,(H2,27,30)(H,28,32). The van der Waals surface area contributed by atoms with Crippen molar-refractivity contribution in [3.63, 3.8) is 0 Å². The topological polar surface area (TPSA) is 102 Å². The Morgan fingerprint density at radius 3 is 2.36 bits per heavy atom. The minimum Gasteiger partial charge on any atom is -0.457 e. The summed E-state index contributed by atoms with van der Waals surface area (Å²) in [7, 11) is 1.53. The monoisotopic (exact) mass is 439 g/mol. The van der Waals surface area contributed by atoms with Gasteiger partial charge in [0.25, 0.3) is 5.91 Å². The molecule has 0 unspecified atom stereocenters. The fourth-order valence-electron chi connectivity index (χ4n) is 3.36. The van der Waals surface area contributed by atoms with Gasteiger partial charge in [-0.05, 0) is 41.5 Å². The average Bonchev–Trinajstić information content (AvgIpc) is 2.85. The summed E-state index contributed by atoms with van der Waals surface area (Å²) in [5.74, 6) is 1.36. The summed E-state index contributed by atoms with van der Waals surface area (Å²) >= 11 is 0. The van der Waals surface area contributed by atoms with E-state index in [9.17, 15) is 4.79 Å². The van der Waals surface area contributed by atoms with E-state index in [1.165, 1.54) is 7.05 Å². The fraction of sp³-hybridized carbons (Fsp3) is 0.115. The lowest BCUT2D eigenvalue weighted by Crippen LogP contribution is -2.21. The van der Waals surface area contributed by atoms with Gasteiger partial charge in [0.05, 0.1) is 11.9 Å². The van der Waals surface area contributed by atoms with Gasteiger partial charge in [0, 0.05) is 25.7 Å². The molecule has 0 fully saturated rings. The fourth-order valence-corrected chi connectivity index (χ4v) is 3.36. The van der Waals surface area contributed by atoms with Gasteiger partial charge in [-0.15, -0.1) is 0 Å². The number of benzene rings is 3. The molecule has 0 atom stereocenters. The Balaban J connectivity index is 1.40. The molecule has 7 heteroatoms. The quantitative estimate of drug-likeness (QED) is 0.381. The number of hydrogen-bond acceptors (Lipinski definition) is 6. The molecule has 0 radical (unpaired) electrons. The average molecular weight is 440 g/mol. The van der Waals surface area contributed by atoms with Crippen LogP contribution >= 0.6 is 0 Å².